The third-order valence-corrected chi connectivity index (χ3v) is 5.20. The van der Waals surface area contributed by atoms with Crippen molar-refractivity contribution in [3.05, 3.63) is 23.5 Å². The van der Waals surface area contributed by atoms with Crippen LogP contribution in [0.3, 0.4) is 0 Å². The zero-order valence-corrected chi connectivity index (χ0v) is 13.6. The summed E-state index contributed by atoms with van der Waals surface area (Å²) in [5, 5.41) is 12.1. The van der Waals surface area contributed by atoms with Crippen LogP contribution in [-0.4, -0.2) is 40.1 Å². The van der Waals surface area contributed by atoms with Gasteiger partial charge < -0.3 is 15.3 Å². The lowest BCUT2D eigenvalue weighted by Gasteiger charge is -2.23. The van der Waals surface area contributed by atoms with E-state index in [1.54, 1.807) is 0 Å². The monoisotopic (exact) mass is 357 g/mol. The van der Waals surface area contributed by atoms with Gasteiger partial charge >= 0.3 is 18.2 Å². The summed E-state index contributed by atoms with van der Waals surface area (Å²) in [7, 11) is 0. The summed E-state index contributed by atoms with van der Waals surface area (Å²) in [5.41, 5.74) is -1.69. The van der Waals surface area contributed by atoms with Gasteiger partial charge in [0.2, 0.25) is 0 Å². The van der Waals surface area contributed by atoms with Gasteiger partial charge in [0.25, 0.3) is 0 Å². The Morgan fingerprint density at radius 3 is 2.68 bits per heavy atom. The predicted molar refractivity (Wildman–Crippen MR) is 82.0 cm³/mol. The molecule has 2 heterocycles. The van der Waals surface area contributed by atoms with Crippen LogP contribution in [0.4, 0.5) is 23.7 Å². The minimum Gasteiger partial charge on any atom is -0.481 e. The number of hydrogen-bond acceptors (Lipinski definition) is 3. The first-order chi connectivity index (χ1) is 11.6. The molecule has 1 saturated heterocycles. The Hall–Kier alpha value is -2.32. The zero-order chi connectivity index (χ0) is 18.4. The number of halogens is 3. The van der Waals surface area contributed by atoms with Gasteiger partial charge in [-0.3, -0.25) is 4.79 Å². The third-order valence-electron chi connectivity index (χ3n) is 5.20. The quantitative estimate of drug-likeness (QED) is 0.852. The van der Waals surface area contributed by atoms with Crippen molar-refractivity contribution in [2.24, 2.45) is 11.3 Å². The van der Waals surface area contributed by atoms with Gasteiger partial charge in [0.15, 0.2) is 0 Å². The number of urea groups is 1. The molecule has 2 amide bonds. The minimum atomic E-state index is -4.55. The van der Waals surface area contributed by atoms with Crippen molar-refractivity contribution in [3.63, 3.8) is 0 Å². The molecule has 2 atom stereocenters. The van der Waals surface area contributed by atoms with Gasteiger partial charge in [-0.1, -0.05) is 6.42 Å². The van der Waals surface area contributed by atoms with Crippen LogP contribution in [0.25, 0.3) is 0 Å². The van der Waals surface area contributed by atoms with Crippen molar-refractivity contribution < 1.29 is 27.9 Å². The van der Waals surface area contributed by atoms with E-state index in [2.05, 4.69) is 10.3 Å². The Bertz CT molecular complexity index is 722. The van der Waals surface area contributed by atoms with Crippen LogP contribution < -0.4 is 5.32 Å². The molecule has 1 aliphatic carbocycles. The molecular weight excluding hydrogens is 339 g/mol. The molecule has 2 aliphatic rings. The average Bonchev–Trinajstić information content (AvgIpc) is 3.06. The lowest BCUT2D eigenvalue weighted by molar-refractivity contribution is -0.149. The summed E-state index contributed by atoms with van der Waals surface area (Å²) in [4.78, 5) is 29.0. The third kappa shape index (κ3) is 3.03. The highest BCUT2D eigenvalue weighted by Gasteiger charge is 2.55. The maximum absolute atomic E-state index is 12.6. The summed E-state index contributed by atoms with van der Waals surface area (Å²) >= 11 is 0. The molecule has 136 valence electrons. The number of aliphatic carboxylic acids is 1. The van der Waals surface area contributed by atoms with Gasteiger partial charge in [-0.2, -0.15) is 13.2 Å². The molecule has 2 fully saturated rings. The number of carbonyl (C=O) groups is 2. The fourth-order valence-corrected chi connectivity index (χ4v) is 3.84. The van der Waals surface area contributed by atoms with Crippen molar-refractivity contribution in [1.82, 2.24) is 9.88 Å². The molecule has 1 aliphatic heterocycles. The van der Waals surface area contributed by atoms with Crippen molar-refractivity contribution >= 4 is 17.7 Å². The topological polar surface area (TPSA) is 82.5 Å². The molecule has 25 heavy (non-hydrogen) atoms. The Morgan fingerprint density at radius 1 is 1.40 bits per heavy atom. The van der Waals surface area contributed by atoms with E-state index in [1.807, 2.05) is 0 Å². The van der Waals surface area contributed by atoms with Crippen molar-refractivity contribution in [3.8, 4) is 0 Å². The fraction of sp³-hybridized carbons (Fsp3) is 0.562. The molecule has 1 aromatic heterocycles. The number of amides is 2. The molecule has 3 rings (SSSR count). The van der Waals surface area contributed by atoms with Crippen molar-refractivity contribution in [2.45, 2.75) is 32.4 Å². The van der Waals surface area contributed by atoms with Gasteiger partial charge in [-0.15, -0.1) is 0 Å². The number of carboxylic acid groups (broad SMARTS) is 1. The number of carbonyl (C=O) groups excluding carboxylic acids is 1. The summed E-state index contributed by atoms with van der Waals surface area (Å²) in [6.07, 6.45) is -2.42. The molecule has 6 nitrogen and oxygen atoms in total. The van der Waals surface area contributed by atoms with Crippen LogP contribution in [0.2, 0.25) is 0 Å². The maximum Gasteiger partial charge on any atom is 0.433 e. The number of fused-ring (bicyclic) bond motifs is 1. The Labute approximate surface area is 142 Å². The van der Waals surface area contributed by atoms with Gasteiger partial charge in [-0.05, 0) is 37.8 Å². The van der Waals surface area contributed by atoms with E-state index in [0.717, 1.165) is 25.0 Å². The Balaban J connectivity index is 1.73. The SMILES string of the molecule is Cc1nc(C(F)(F)F)ccc1NC(=O)N1C[C@@H]2CCC[C@@]2(C(=O)O)C1. The maximum atomic E-state index is 12.6. The number of nitrogens with one attached hydrogen (secondary N) is 1. The van der Waals surface area contributed by atoms with E-state index in [9.17, 15) is 27.9 Å². The number of rotatable bonds is 2. The molecule has 0 aromatic carbocycles. The molecule has 9 heteroatoms. The highest BCUT2D eigenvalue weighted by atomic mass is 19.4. The molecule has 0 unspecified atom stereocenters. The molecule has 0 spiro atoms. The number of likely N-dealkylation sites (tertiary alicyclic amines) is 1. The second kappa shape index (κ2) is 5.89. The van der Waals surface area contributed by atoms with Gasteiger partial charge in [0, 0.05) is 13.1 Å². The number of nitrogens with zero attached hydrogens (tertiary/aromatic N) is 2. The highest BCUT2D eigenvalue weighted by Crippen LogP contribution is 2.49. The predicted octanol–water partition coefficient (Wildman–Crippen LogP) is 3.13. The standard InChI is InChI=1S/C16H18F3N3O3/c1-9-11(4-5-12(20-9)16(17,18)19)21-14(25)22-7-10-3-2-6-15(10,8-22)13(23)24/h4-5,10H,2-3,6-8H2,1H3,(H,21,25)(H,23,24)/t10-,15+/m0/s1. The highest BCUT2D eigenvalue weighted by molar-refractivity contribution is 5.91. The number of hydrogen-bond donors (Lipinski definition) is 2. The van der Waals surface area contributed by atoms with Crippen LogP contribution >= 0.6 is 0 Å². The van der Waals surface area contributed by atoms with Crippen LogP contribution in [0.15, 0.2) is 12.1 Å². The zero-order valence-electron chi connectivity index (χ0n) is 13.6. The number of aryl methyl sites for hydroxylation is 1. The summed E-state index contributed by atoms with van der Waals surface area (Å²) in [5.74, 6) is -0.972. The van der Waals surface area contributed by atoms with E-state index in [4.69, 9.17) is 0 Å². The lowest BCUT2D eigenvalue weighted by atomic mass is 9.81. The summed E-state index contributed by atoms with van der Waals surface area (Å²) < 4.78 is 37.9. The fourth-order valence-electron chi connectivity index (χ4n) is 3.84. The van der Waals surface area contributed by atoms with Crippen LogP contribution in [0.5, 0.6) is 0 Å². The molecule has 1 aromatic rings. The number of aromatic nitrogens is 1. The normalized spacial score (nSPS) is 25.8. The molecule has 0 bridgehead atoms. The summed E-state index contributed by atoms with van der Waals surface area (Å²) in [6.45, 7) is 1.83. The molecular formula is C16H18F3N3O3. The van der Waals surface area contributed by atoms with Crippen LogP contribution in [0, 0.1) is 18.3 Å². The van der Waals surface area contributed by atoms with E-state index in [1.165, 1.54) is 11.8 Å². The van der Waals surface area contributed by atoms with Gasteiger partial charge in [0.1, 0.15) is 5.69 Å². The Kier molecular flexibility index (Phi) is 4.12. The molecule has 1 saturated carbocycles. The van der Waals surface area contributed by atoms with Crippen LogP contribution in [0.1, 0.15) is 30.7 Å². The number of alkyl halides is 3. The van der Waals surface area contributed by atoms with E-state index >= 15 is 0 Å². The van der Waals surface area contributed by atoms with Gasteiger partial charge in [-0.25, -0.2) is 9.78 Å². The largest absolute Gasteiger partial charge is 0.481 e. The first-order valence-corrected chi connectivity index (χ1v) is 7.98. The van der Waals surface area contributed by atoms with E-state index in [-0.39, 0.29) is 23.8 Å². The Morgan fingerprint density at radius 2 is 2.12 bits per heavy atom. The summed E-state index contributed by atoms with van der Waals surface area (Å²) in [6, 6.07) is 1.45. The number of carboxylic acids is 1. The molecule has 0 radical (unpaired) electrons. The molecule has 2 N–H and O–H groups in total. The second-order valence-electron chi connectivity index (χ2n) is 6.69. The minimum absolute atomic E-state index is 0.0514. The average molecular weight is 357 g/mol. The first kappa shape index (κ1) is 17.5. The van der Waals surface area contributed by atoms with Gasteiger partial charge in [0.05, 0.1) is 16.8 Å². The van der Waals surface area contributed by atoms with E-state index in [0.29, 0.717) is 13.0 Å². The lowest BCUT2D eigenvalue weighted by Crippen LogP contribution is -2.38. The smallest absolute Gasteiger partial charge is 0.433 e. The van der Waals surface area contributed by atoms with Crippen molar-refractivity contribution in [2.75, 3.05) is 18.4 Å². The number of anilines is 1. The van der Waals surface area contributed by atoms with E-state index < -0.39 is 29.3 Å². The van der Waals surface area contributed by atoms with Crippen LogP contribution in [-0.2, 0) is 11.0 Å². The second-order valence-corrected chi connectivity index (χ2v) is 6.69. The number of pyridine rings is 1. The van der Waals surface area contributed by atoms with Crippen molar-refractivity contribution in [1.29, 1.82) is 0 Å². The first-order valence-electron chi connectivity index (χ1n) is 7.98.